The van der Waals surface area contributed by atoms with E-state index in [0.29, 0.717) is 34.3 Å². The zero-order valence-corrected chi connectivity index (χ0v) is 27.0. The molecule has 45 heavy (non-hydrogen) atoms. The first-order valence-electron chi connectivity index (χ1n) is 15.6. The van der Waals surface area contributed by atoms with Crippen molar-refractivity contribution in [1.29, 1.82) is 0 Å². The predicted octanol–water partition coefficient (Wildman–Crippen LogP) is 6.16. The number of piperazine rings is 1. The molecular weight excluding hydrogens is 622 g/mol. The largest absolute Gasteiger partial charge is 0.420 e. The summed E-state index contributed by atoms with van der Waals surface area (Å²) in [6.07, 6.45) is 3.43. The quantitative estimate of drug-likeness (QED) is 0.247. The van der Waals surface area contributed by atoms with Gasteiger partial charge in [-0.05, 0) is 88.2 Å². The lowest BCUT2D eigenvalue weighted by atomic mass is 10.1. The van der Waals surface area contributed by atoms with Crippen molar-refractivity contribution in [2.75, 3.05) is 42.7 Å². The summed E-state index contributed by atoms with van der Waals surface area (Å²) in [6, 6.07) is 9.21. The number of carbonyl (C=O) groups is 1. The van der Waals surface area contributed by atoms with Gasteiger partial charge in [0.25, 0.3) is 0 Å². The van der Waals surface area contributed by atoms with Crippen LogP contribution in [-0.2, 0) is 21.8 Å². The minimum absolute atomic E-state index is 0.0880. The smallest absolute Gasteiger partial charge is 0.368 e. The molecule has 8 nitrogen and oxygen atoms in total. The molecule has 0 radical (unpaired) electrons. The maximum atomic E-state index is 14.2. The Hall–Kier alpha value is -3.03. The number of benzene rings is 1. The van der Waals surface area contributed by atoms with Crippen LogP contribution in [0, 0.1) is 6.92 Å². The third kappa shape index (κ3) is 6.35. The van der Waals surface area contributed by atoms with E-state index >= 15 is 0 Å². The van der Waals surface area contributed by atoms with Crippen LogP contribution in [0.2, 0.25) is 0 Å². The molecule has 4 fully saturated rings. The molecule has 2 aliphatic heterocycles. The first-order chi connectivity index (χ1) is 21.6. The van der Waals surface area contributed by atoms with Crippen molar-refractivity contribution in [2.24, 2.45) is 0 Å². The highest BCUT2D eigenvalue weighted by atomic mass is 32.2. The number of rotatable bonds is 11. The average Bonchev–Trinajstić information content (AvgIpc) is 3.94. The molecule has 7 rings (SSSR count). The van der Waals surface area contributed by atoms with Crippen molar-refractivity contribution in [3.63, 3.8) is 0 Å². The number of alkyl halides is 3. The first-order valence-corrected chi connectivity index (χ1v) is 17.7. The highest BCUT2D eigenvalue weighted by Crippen LogP contribution is 2.46. The Kier molecular flexibility index (Phi) is 8.14. The van der Waals surface area contributed by atoms with E-state index < -0.39 is 22.5 Å². The Morgan fingerprint density at radius 3 is 2.49 bits per heavy atom. The predicted molar refractivity (Wildman–Crippen MR) is 171 cm³/mol. The zero-order chi connectivity index (χ0) is 31.5. The number of aryl methyl sites for hydroxylation is 1. The number of thiophene rings is 1. The van der Waals surface area contributed by atoms with E-state index in [9.17, 15) is 22.2 Å². The van der Waals surface area contributed by atoms with E-state index in [4.69, 9.17) is 0 Å². The Bertz CT molecular complexity index is 1610. The molecule has 2 saturated heterocycles. The third-order valence-corrected chi connectivity index (χ3v) is 12.3. The topological polar surface area (TPSA) is 81.7 Å². The molecular formula is C32H37F3N6O2S2. The van der Waals surface area contributed by atoms with Crippen molar-refractivity contribution in [1.82, 2.24) is 19.8 Å². The van der Waals surface area contributed by atoms with Crippen molar-refractivity contribution in [3.05, 3.63) is 46.5 Å². The van der Waals surface area contributed by atoms with Gasteiger partial charge in [0.15, 0.2) is 0 Å². The van der Waals surface area contributed by atoms with Crippen LogP contribution in [0.5, 0.6) is 0 Å². The molecule has 240 valence electrons. The van der Waals surface area contributed by atoms with Crippen LogP contribution in [0.3, 0.4) is 0 Å². The summed E-state index contributed by atoms with van der Waals surface area (Å²) in [5.74, 6) is 0.716. The molecule has 4 heterocycles. The highest BCUT2D eigenvalue weighted by molar-refractivity contribution is 7.85. The van der Waals surface area contributed by atoms with Gasteiger partial charge in [0.2, 0.25) is 12.4 Å². The number of fused-ring (bicyclic) bond motifs is 2. The molecule has 2 aliphatic carbocycles. The average molecular weight is 659 g/mol. The van der Waals surface area contributed by atoms with Crippen LogP contribution in [-0.4, -0.2) is 80.9 Å². The maximum Gasteiger partial charge on any atom is 0.420 e. The van der Waals surface area contributed by atoms with Gasteiger partial charge in [0.05, 0.1) is 26.3 Å². The summed E-state index contributed by atoms with van der Waals surface area (Å²) < 4.78 is 55.7. The summed E-state index contributed by atoms with van der Waals surface area (Å²) >= 11 is 1.14. The SMILES string of the molecule is Cc1sc(-c2nc(Nc3ccc(N4CC5CCC(C4)N5C)cc3C3CC3)ncc2C(F)(F)F)cc1S(=O)CCN(C=O)C1CC1. The Labute approximate surface area is 267 Å². The van der Waals surface area contributed by atoms with Crippen LogP contribution in [0.15, 0.2) is 35.4 Å². The summed E-state index contributed by atoms with van der Waals surface area (Å²) in [6.45, 7) is 4.10. The monoisotopic (exact) mass is 658 g/mol. The zero-order valence-electron chi connectivity index (χ0n) is 25.3. The number of amides is 1. The lowest BCUT2D eigenvalue weighted by Crippen LogP contribution is -2.52. The number of carbonyl (C=O) groups excluding carboxylic acids is 1. The number of aromatic nitrogens is 2. The van der Waals surface area contributed by atoms with Crippen molar-refractivity contribution >= 4 is 45.9 Å². The normalized spacial score (nSPS) is 22.5. The first kappa shape index (κ1) is 30.6. The van der Waals surface area contributed by atoms with Crippen LogP contribution in [0.25, 0.3) is 10.6 Å². The fourth-order valence-corrected chi connectivity index (χ4v) is 9.27. The second-order valence-electron chi connectivity index (χ2n) is 12.7. The van der Waals surface area contributed by atoms with Crippen LogP contribution >= 0.6 is 11.3 Å². The molecule has 3 unspecified atom stereocenters. The van der Waals surface area contributed by atoms with E-state index in [1.807, 2.05) is 6.07 Å². The van der Waals surface area contributed by atoms with Crippen LogP contribution in [0.4, 0.5) is 30.5 Å². The Balaban J connectivity index is 1.15. The number of hydrogen-bond acceptors (Lipinski definition) is 8. The maximum absolute atomic E-state index is 14.2. The van der Waals surface area contributed by atoms with Crippen molar-refractivity contribution < 1.29 is 22.2 Å². The molecule has 1 aromatic carbocycles. The lowest BCUT2D eigenvalue weighted by molar-refractivity contribution is -0.137. The molecule has 13 heteroatoms. The number of hydrogen-bond donors (Lipinski definition) is 1. The van der Waals surface area contributed by atoms with Gasteiger partial charge in [-0.15, -0.1) is 11.3 Å². The van der Waals surface area contributed by atoms with Gasteiger partial charge in [-0.1, -0.05) is 0 Å². The summed E-state index contributed by atoms with van der Waals surface area (Å²) in [4.78, 5) is 27.9. The van der Waals surface area contributed by atoms with Gasteiger partial charge in [-0.3, -0.25) is 13.9 Å². The lowest BCUT2D eigenvalue weighted by Gasteiger charge is -2.40. The Morgan fingerprint density at radius 2 is 1.84 bits per heavy atom. The minimum Gasteiger partial charge on any atom is -0.368 e. The van der Waals surface area contributed by atoms with Gasteiger partial charge < -0.3 is 15.1 Å². The second-order valence-corrected chi connectivity index (χ2v) is 15.5. The fraction of sp³-hybridized carbons (Fsp3) is 0.531. The summed E-state index contributed by atoms with van der Waals surface area (Å²) in [5.41, 5.74) is 1.97. The third-order valence-electron chi connectivity index (χ3n) is 9.64. The van der Waals surface area contributed by atoms with Crippen molar-refractivity contribution in [3.8, 4) is 10.6 Å². The van der Waals surface area contributed by atoms with Gasteiger partial charge >= 0.3 is 6.18 Å². The van der Waals surface area contributed by atoms with Gasteiger partial charge in [0.1, 0.15) is 5.56 Å². The minimum atomic E-state index is -4.66. The molecule has 0 spiro atoms. The van der Waals surface area contributed by atoms with Gasteiger partial charge in [0, 0.05) is 66.0 Å². The van der Waals surface area contributed by atoms with Crippen LogP contribution < -0.4 is 10.2 Å². The van der Waals surface area contributed by atoms with Crippen molar-refractivity contribution in [2.45, 2.75) is 80.6 Å². The molecule has 1 amide bonds. The number of nitrogens with zero attached hydrogens (tertiary/aromatic N) is 5. The standard InChI is InChI=1S/C32H37F3N6O2S2/c1-19-29(45(43)12-11-40(18-42)21-5-6-21)14-28(44-19)30-26(32(33,34)35)15-36-31(38-30)37-27-10-9-22(13-25(27)20-3-4-20)41-16-23-7-8-24(17-41)39(23)2/h9-10,13-15,18,20-21,23-24H,3-8,11-12,16-17H2,1-2H3,(H,36,37,38). The molecule has 3 aromatic rings. The number of halogens is 3. The Morgan fingerprint density at radius 1 is 1.11 bits per heavy atom. The molecule has 3 atom stereocenters. The van der Waals surface area contributed by atoms with E-state index in [-0.39, 0.29) is 28.3 Å². The second kappa shape index (κ2) is 12.0. The van der Waals surface area contributed by atoms with E-state index in [0.717, 1.165) is 74.0 Å². The highest BCUT2D eigenvalue weighted by Gasteiger charge is 2.39. The molecule has 2 bridgehead atoms. The number of nitrogens with one attached hydrogen (secondary N) is 1. The van der Waals surface area contributed by atoms with Crippen LogP contribution in [0.1, 0.15) is 60.4 Å². The summed E-state index contributed by atoms with van der Waals surface area (Å²) in [5, 5.41) is 3.24. The van der Waals surface area contributed by atoms with E-state index in [1.54, 1.807) is 17.9 Å². The number of anilines is 3. The van der Waals surface area contributed by atoms with Gasteiger partial charge in [-0.2, -0.15) is 13.2 Å². The van der Waals surface area contributed by atoms with E-state index in [1.165, 1.54) is 18.5 Å². The van der Waals surface area contributed by atoms with E-state index in [2.05, 4.69) is 44.3 Å². The van der Waals surface area contributed by atoms with Gasteiger partial charge in [-0.25, -0.2) is 9.97 Å². The molecule has 2 saturated carbocycles. The molecule has 2 aromatic heterocycles. The molecule has 1 N–H and O–H groups in total. The fourth-order valence-electron chi connectivity index (χ4n) is 6.71. The number of likely N-dealkylation sites (N-methyl/N-ethyl adjacent to an activating group) is 1. The summed E-state index contributed by atoms with van der Waals surface area (Å²) in [7, 11) is 0.750. The molecule has 4 aliphatic rings.